The highest BCUT2D eigenvalue weighted by Crippen LogP contribution is 2.08. The second kappa shape index (κ2) is 8.26. The van der Waals surface area contributed by atoms with Crippen LogP contribution in [0.5, 0.6) is 0 Å². The third kappa shape index (κ3) is 5.40. The van der Waals surface area contributed by atoms with Crippen molar-refractivity contribution < 1.29 is 13.2 Å². The summed E-state index contributed by atoms with van der Waals surface area (Å²) in [6, 6.07) is 8.14. The Morgan fingerprint density at radius 3 is 2.73 bits per heavy atom. The molecule has 0 saturated carbocycles. The van der Waals surface area contributed by atoms with Crippen LogP contribution in [0.25, 0.3) is 0 Å². The summed E-state index contributed by atoms with van der Waals surface area (Å²) in [7, 11) is -3.53. The Morgan fingerprint density at radius 2 is 2.05 bits per heavy atom. The molecule has 0 spiro atoms. The van der Waals surface area contributed by atoms with Gasteiger partial charge in [-0.05, 0) is 44.0 Å². The number of carbonyl (C=O) groups is 1. The van der Waals surface area contributed by atoms with Crippen molar-refractivity contribution >= 4 is 15.9 Å². The van der Waals surface area contributed by atoms with Gasteiger partial charge < -0.3 is 10.6 Å². The van der Waals surface area contributed by atoms with Gasteiger partial charge in [0.1, 0.15) is 0 Å². The van der Waals surface area contributed by atoms with Crippen molar-refractivity contribution in [3.63, 3.8) is 0 Å². The quantitative estimate of drug-likeness (QED) is 0.680. The van der Waals surface area contributed by atoms with Crippen LogP contribution in [-0.4, -0.2) is 40.5 Å². The number of hydrogen-bond acceptors (Lipinski definition) is 4. The normalized spacial score (nSPS) is 18.8. The zero-order chi connectivity index (χ0) is 15.8. The average Bonchev–Trinajstić information content (AvgIpc) is 2.54. The van der Waals surface area contributed by atoms with Crippen LogP contribution < -0.4 is 15.4 Å². The summed E-state index contributed by atoms with van der Waals surface area (Å²) in [5.74, 6) is 0.347. The first-order chi connectivity index (χ1) is 10.6. The fraction of sp³-hybridized carbons (Fsp3) is 0.533. The van der Waals surface area contributed by atoms with Gasteiger partial charge in [-0.3, -0.25) is 4.79 Å². The van der Waals surface area contributed by atoms with Crippen molar-refractivity contribution in [2.45, 2.75) is 24.2 Å². The maximum Gasteiger partial charge on any atom is 0.240 e. The van der Waals surface area contributed by atoms with E-state index >= 15 is 0 Å². The largest absolute Gasteiger partial charge is 0.356 e. The van der Waals surface area contributed by atoms with Crippen LogP contribution in [0.15, 0.2) is 35.2 Å². The van der Waals surface area contributed by atoms with Crippen molar-refractivity contribution in [3.8, 4) is 0 Å². The molecule has 22 heavy (non-hydrogen) atoms. The Hall–Kier alpha value is -1.44. The minimum absolute atomic E-state index is 0.103. The Kier molecular flexibility index (Phi) is 6.35. The molecule has 3 N–H and O–H groups in total. The van der Waals surface area contributed by atoms with E-state index in [0.717, 1.165) is 25.9 Å². The lowest BCUT2D eigenvalue weighted by Gasteiger charge is -2.22. The summed E-state index contributed by atoms with van der Waals surface area (Å²) in [5, 5.41) is 6.16. The van der Waals surface area contributed by atoms with Crippen molar-refractivity contribution in [1.82, 2.24) is 15.4 Å². The van der Waals surface area contributed by atoms with Gasteiger partial charge in [-0.15, -0.1) is 0 Å². The number of rotatable bonds is 7. The average molecular weight is 325 g/mol. The van der Waals surface area contributed by atoms with E-state index < -0.39 is 10.0 Å². The van der Waals surface area contributed by atoms with E-state index in [-0.39, 0.29) is 23.8 Å². The Morgan fingerprint density at radius 1 is 1.27 bits per heavy atom. The van der Waals surface area contributed by atoms with Gasteiger partial charge >= 0.3 is 0 Å². The first-order valence-electron chi connectivity index (χ1n) is 7.60. The van der Waals surface area contributed by atoms with Crippen LogP contribution >= 0.6 is 0 Å². The summed E-state index contributed by atoms with van der Waals surface area (Å²) in [5.41, 5.74) is 0. The number of nitrogens with one attached hydrogen (secondary N) is 3. The molecular formula is C15H23N3O3S. The fourth-order valence-electron chi connectivity index (χ4n) is 2.43. The summed E-state index contributed by atoms with van der Waals surface area (Å²) >= 11 is 0. The van der Waals surface area contributed by atoms with Crippen molar-refractivity contribution in [1.29, 1.82) is 0 Å². The van der Waals surface area contributed by atoms with E-state index in [0.29, 0.717) is 12.5 Å². The minimum Gasteiger partial charge on any atom is -0.356 e. The van der Waals surface area contributed by atoms with Crippen molar-refractivity contribution in [3.05, 3.63) is 30.3 Å². The van der Waals surface area contributed by atoms with Crippen LogP contribution in [0.4, 0.5) is 0 Å². The van der Waals surface area contributed by atoms with E-state index in [1.807, 2.05) is 0 Å². The zero-order valence-electron chi connectivity index (χ0n) is 12.5. The van der Waals surface area contributed by atoms with Crippen LogP contribution in [0.3, 0.4) is 0 Å². The molecule has 1 unspecified atom stereocenters. The molecule has 1 amide bonds. The molecule has 0 bridgehead atoms. The predicted molar refractivity (Wildman–Crippen MR) is 84.9 cm³/mol. The van der Waals surface area contributed by atoms with Gasteiger partial charge in [-0.25, -0.2) is 13.1 Å². The van der Waals surface area contributed by atoms with Crippen LogP contribution in [-0.2, 0) is 14.8 Å². The van der Waals surface area contributed by atoms with Gasteiger partial charge in [0, 0.05) is 19.5 Å². The highest BCUT2D eigenvalue weighted by molar-refractivity contribution is 7.89. The Bertz CT molecular complexity index is 569. The molecule has 1 aliphatic rings. The molecule has 1 atom stereocenters. The maximum atomic E-state index is 12.0. The molecule has 7 heteroatoms. The van der Waals surface area contributed by atoms with E-state index in [1.54, 1.807) is 18.2 Å². The molecule has 1 aromatic carbocycles. The fourth-order valence-corrected chi connectivity index (χ4v) is 3.48. The number of amides is 1. The molecule has 1 fully saturated rings. The van der Waals surface area contributed by atoms with Gasteiger partial charge in [-0.2, -0.15) is 0 Å². The lowest BCUT2D eigenvalue weighted by Crippen LogP contribution is -2.39. The third-order valence-electron chi connectivity index (χ3n) is 3.68. The first kappa shape index (κ1) is 16.9. The maximum absolute atomic E-state index is 12.0. The lowest BCUT2D eigenvalue weighted by molar-refractivity contribution is -0.121. The number of hydrogen-bond donors (Lipinski definition) is 3. The van der Waals surface area contributed by atoms with Crippen molar-refractivity contribution in [2.75, 3.05) is 26.2 Å². The molecule has 0 aromatic heterocycles. The molecule has 2 rings (SSSR count). The number of piperidine rings is 1. The van der Waals surface area contributed by atoms with Crippen molar-refractivity contribution in [2.24, 2.45) is 5.92 Å². The molecule has 1 aromatic rings. The smallest absolute Gasteiger partial charge is 0.240 e. The number of benzene rings is 1. The molecule has 6 nitrogen and oxygen atoms in total. The van der Waals surface area contributed by atoms with Crippen LogP contribution in [0.1, 0.15) is 19.3 Å². The highest BCUT2D eigenvalue weighted by atomic mass is 32.2. The first-order valence-corrected chi connectivity index (χ1v) is 9.08. The molecule has 0 aliphatic carbocycles. The van der Waals surface area contributed by atoms with E-state index in [9.17, 15) is 13.2 Å². The lowest BCUT2D eigenvalue weighted by atomic mass is 10.00. The molecule has 1 saturated heterocycles. The summed E-state index contributed by atoms with van der Waals surface area (Å²) in [6.07, 6.45) is 2.40. The van der Waals surface area contributed by atoms with E-state index in [1.165, 1.54) is 12.1 Å². The zero-order valence-corrected chi connectivity index (χ0v) is 13.4. The highest BCUT2D eigenvalue weighted by Gasteiger charge is 2.15. The molecule has 122 valence electrons. The monoisotopic (exact) mass is 325 g/mol. The van der Waals surface area contributed by atoms with Gasteiger partial charge in [0.25, 0.3) is 0 Å². The van der Waals surface area contributed by atoms with Gasteiger partial charge in [0.2, 0.25) is 15.9 Å². The minimum atomic E-state index is -3.53. The van der Waals surface area contributed by atoms with E-state index in [2.05, 4.69) is 15.4 Å². The molecule has 1 heterocycles. The van der Waals surface area contributed by atoms with Crippen LogP contribution in [0, 0.1) is 5.92 Å². The summed E-state index contributed by atoms with van der Waals surface area (Å²) in [4.78, 5) is 12.0. The van der Waals surface area contributed by atoms with E-state index in [4.69, 9.17) is 0 Å². The number of carbonyl (C=O) groups excluding carboxylic acids is 1. The standard InChI is InChI=1S/C15H23N3O3S/c19-15(17-12-13-5-4-9-16-11-13)8-10-18-22(20,21)14-6-2-1-3-7-14/h1-3,6-7,13,16,18H,4-5,8-12H2,(H,17,19). The van der Waals surface area contributed by atoms with Gasteiger partial charge in [-0.1, -0.05) is 18.2 Å². The molecule has 1 aliphatic heterocycles. The van der Waals surface area contributed by atoms with Gasteiger partial charge in [0.15, 0.2) is 0 Å². The van der Waals surface area contributed by atoms with Crippen LogP contribution in [0.2, 0.25) is 0 Å². The molecule has 0 radical (unpaired) electrons. The Balaban J connectivity index is 1.68. The summed E-state index contributed by atoms with van der Waals surface area (Å²) < 4.78 is 26.4. The topological polar surface area (TPSA) is 87.3 Å². The second-order valence-corrected chi connectivity index (χ2v) is 7.24. The van der Waals surface area contributed by atoms with Gasteiger partial charge in [0.05, 0.1) is 4.90 Å². The summed E-state index contributed by atoms with van der Waals surface area (Å²) in [6.45, 7) is 2.73. The SMILES string of the molecule is O=C(CCNS(=O)(=O)c1ccccc1)NCC1CCCNC1. The Labute approximate surface area is 131 Å². The second-order valence-electron chi connectivity index (χ2n) is 5.48. The third-order valence-corrected chi connectivity index (χ3v) is 5.16. The predicted octanol–water partition coefficient (Wildman–Crippen LogP) is 0.471. The number of sulfonamides is 1. The molecular weight excluding hydrogens is 302 g/mol.